The summed E-state index contributed by atoms with van der Waals surface area (Å²) in [7, 11) is 9.13. The van der Waals surface area contributed by atoms with Crippen LogP contribution < -0.4 is 34.0 Å². The third-order valence-electron chi connectivity index (χ3n) is 3.96. The Labute approximate surface area is 146 Å². The Morgan fingerprint density at radius 3 is 1.10 bits per heavy atom. The first kappa shape index (κ1) is 22.4. The summed E-state index contributed by atoms with van der Waals surface area (Å²) in [6.07, 6.45) is 0. The van der Waals surface area contributed by atoms with Crippen molar-refractivity contribution in [3.05, 3.63) is 35.4 Å². The number of halogens is 2. The molecule has 0 unspecified atom stereocenters. The fourth-order valence-corrected chi connectivity index (χ4v) is 1.96. The summed E-state index contributed by atoms with van der Waals surface area (Å²) in [5.41, 5.74) is 2.87. The van der Waals surface area contributed by atoms with Gasteiger partial charge in [-0.3, -0.25) is 0 Å². The largest absolute Gasteiger partial charge is 1.00 e. The van der Waals surface area contributed by atoms with Crippen molar-refractivity contribution in [2.24, 2.45) is 0 Å². The number of hydrogen-bond donors (Lipinski definition) is 0. The SMILES string of the molecule is CC[N+](C)(C)Cc1ccc(C[N+](C)(C)CC)cc1.[Br-].[Br-]. The average molecular weight is 410 g/mol. The molecule has 1 aromatic carbocycles. The van der Waals surface area contributed by atoms with E-state index in [0.717, 1.165) is 22.1 Å². The van der Waals surface area contributed by atoms with E-state index in [9.17, 15) is 0 Å². The predicted molar refractivity (Wildman–Crippen MR) is 79.1 cm³/mol. The van der Waals surface area contributed by atoms with Crippen LogP contribution in [0.4, 0.5) is 0 Å². The van der Waals surface area contributed by atoms with Crippen LogP contribution in [0.3, 0.4) is 0 Å². The second-order valence-corrected chi connectivity index (χ2v) is 6.64. The molecule has 0 saturated carbocycles. The van der Waals surface area contributed by atoms with Gasteiger partial charge < -0.3 is 42.9 Å². The van der Waals surface area contributed by atoms with Crippen molar-refractivity contribution < 1.29 is 42.9 Å². The van der Waals surface area contributed by atoms with E-state index in [1.165, 1.54) is 24.2 Å². The minimum absolute atomic E-state index is 0. The van der Waals surface area contributed by atoms with Crippen LogP contribution in [0.25, 0.3) is 0 Å². The Hall–Kier alpha value is 0.1000. The van der Waals surface area contributed by atoms with Crippen molar-refractivity contribution in [3.63, 3.8) is 0 Å². The highest BCUT2D eigenvalue weighted by Crippen LogP contribution is 2.13. The van der Waals surface area contributed by atoms with Crippen molar-refractivity contribution >= 4 is 0 Å². The third-order valence-corrected chi connectivity index (χ3v) is 3.96. The maximum Gasteiger partial charge on any atom is 0.104 e. The Morgan fingerprint density at radius 2 is 0.900 bits per heavy atom. The third kappa shape index (κ3) is 7.77. The minimum atomic E-state index is 0. The lowest BCUT2D eigenvalue weighted by Gasteiger charge is -2.29. The van der Waals surface area contributed by atoms with Gasteiger partial charge in [-0.1, -0.05) is 24.3 Å². The molecular weight excluding hydrogens is 380 g/mol. The minimum Gasteiger partial charge on any atom is -1.00 e. The van der Waals surface area contributed by atoms with Gasteiger partial charge in [0.05, 0.1) is 41.3 Å². The molecule has 0 fully saturated rings. The van der Waals surface area contributed by atoms with Gasteiger partial charge >= 0.3 is 0 Å². The average Bonchev–Trinajstić information content (AvgIpc) is 2.31. The lowest BCUT2D eigenvalue weighted by atomic mass is 10.1. The van der Waals surface area contributed by atoms with Crippen molar-refractivity contribution in [1.29, 1.82) is 0 Å². The van der Waals surface area contributed by atoms with Gasteiger partial charge in [0.15, 0.2) is 0 Å². The highest BCUT2D eigenvalue weighted by molar-refractivity contribution is 5.21. The number of rotatable bonds is 6. The fraction of sp³-hybridized carbons (Fsp3) is 0.625. The van der Waals surface area contributed by atoms with E-state index >= 15 is 0 Å². The molecule has 0 radical (unpaired) electrons. The second kappa shape index (κ2) is 9.19. The summed E-state index contributed by atoms with van der Waals surface area (Å²) < 4.78 is 2.10. The van der Waals surface area contributed by atoms with Crippen LogP contribution in [0.5, 0.6) is 0 Å². The monoisotopic (exact) mass is 408 g/mol. The fourth-order valence-electron chi connectivity index (χ4n) is 1.96. The van der Waals surface area contributed by atoms with Gasteiger partial charge in [0.25, 0.3) is 0 Å². The van der Waals surface area contributed by atoms with Crippen molar-refractivity contribution in [2.45, 2.75) is 26.9 Å². The lowest BCUT2D eigenvalue weighted by Crippen LogP contribution is -3.00. The van der Waals surface area contributed by atoms with E-state index in [0.29, 0.717) is 0 Å². The van der Waals surface area contributed by atoms with Gasteiger partial charge in [-0.15, -0.1) is 0 Å². The van der Waals surface area contributed by atoms with Crippen LogP contribution in [0.2, 0.25) is 0 Å². The van der Waals surface area contributed by atoms with E-state index in [-0.39, 0.29) is 34.0 Å². The van der Waals surface area contributed by atoms with Crippen LogP contribution in [0.1, 0.15) is 25.0 Å². The molecule has 118 valence electrons. The number of benzene rings is 1. The van der Waals surface area contributed by atoms with Crippen LogP contribution in [0.15, 0.2) is 24.3 Å². The molecule has 1 rings (SSSR count). The summed E-state index contributed by atoms with van der Waals surface area (Å²) in [6.45, 7) is 9.06. The first-order valence-electron chi connectivity index (χ1n) is 7.00. The van der Waals surface area contributed by atoms with Gasteiger partial charge in [-0.2, -0.15) is 0 Å². The zero-order chi connectivity index (χ0) is 13.8. The molecule has 0 saturated heterocycles. The summed E-state index contributed by atoms with van der Waals surface area (Å²) in [4.78, 5) is 0. The van der Waals surface area contributed by atoms with Crippen molar-refractivity contribution in [3.8, 4) is 0 Å². The van der Waals surface area contributed by atoms with Gasteiger partial charge in [-0.25, -0.2) is 0 Å². The first-order chi connectivity index (χ1) is 8.28. The normalized spacial score (nSPS) is 11.5. The second-order valence-electron chi connectivity index (χ2n) is 6.64. The molecule has 1 aromatic rings. The highest BCUT2D eigenvalue weighted by atomic mass is 79.9. The molecule has 2 nitrogen and oxygen atoms in total. The zero-order valence-electron chi connectivity index (χ0n) is 13.8. The lowest BCUT2D eigenvalue weighted by molar-refractivity contribution is -0.902. The van der Waals surface area contributed by atoms with Crippen molar-refractivity contribution in [1.82, 2.24) is 0 Å². The van der Waals surface area contributed by atoms with Gasteiger partial charge in [0.1, 0.15) is 13.1 Å². The topological polar surface area (TPSA) is 0 Å². The number of quaternary nitrogens is 2. The summed E-state index contributed by atoms with van der Waals surface area (Å²) >= 11 is 0. The molecule has 0 aliphatic heterocycles. The van der Waals surface area contributed by atoms with Crippen LogP contribution in [-0.2, 0) is 13.1 Å². The Morgan fingerprint density at radius 1 is 0.650 bits per heavy atom. The maximum absolute atomic E-state index is 2.29. The molecular formula is C16H30Br2N2. The molecule has 0 spiro atoms. The van der Waals surface area contributed by atoms with E-state index in [4.69, 9.17) is 0 Å². The molecule has 0 heterocycles. The zero-order valence-corrected chi connectivity index (χ0v) is 17.0. The molecule has 0 atom stereocenters. The van der Waals surface area contributed by atoms with E-state index in [1.807, 2.05) is 0 Å². The number of hydrogen-bond acceptors (Lipinski definition) is 0. The molecule has 0 bridgehead atoms. The molecule has 0 aliphatic carbocycles. The van der Waals surface area contributed by atoms with Gasteiger partial charge in [0, 0.05) is 11.1 Å². The Kier molecular flexibility index (Phi) is 10.3. The number of nitrogens with zero attached hydrogens (tertiary/aromatic N) is 2. The van der Waals surface area contributed by atoms with Crippen LogP contribution in [-0.4, -0.2) is 50.2 Å². The molecule has 4 heteroatoms. The van der Waals surface area contributed by atoms with E-state index in [1.54, 1.807) is 0 Å². The first-order valence-corrected chi connectivity index (χ1v) is 7.00. The molecule has 20 heavy (non-hydrogen) atoms. The van der Waals surface area contributed by atoms with Crippen LogP contribution >= 0.6 is 0 Å². The summed E-state index contributed by atoms with van der Waals surface area (Å²) in [6, 6.07) is 9.17. The maximum atomic E-state index is 2.29. The molecule has 0 aliphatic rings. The molecule has 0 aromatic heterocycles. The van der Waals surface area contributed by atoms with E-state index < -0.39 is 0 Å². The Balaban J connectivity index is 0. The summed E-state index contributed by atoms with van der Waals surface area (Å²) in [5.74, 6) is 0. The predicted octanol–water partition coefficient (Wildman–Crippen LogP) is -3.11. The highest BCUT2D eigenvalue weighted by Gasteiger charge is 2.15. The standard InChI is InChI=1S/C16H30N2.2BrH/c1-7-17(3,4)13-15-9-11-16(12-10-15)14-18(5,6)8-2;;/h9-12H,7-8,13-14H2,1-6H3;2*1H/q+2;;/p-2. The van der Waals surface area contributed by atoms with Crippen molar-refractivity contribution in [2.75, 3.05) is 41.3 Å². The molecule has 0 N–H and O–H groups in total. The van der Waals surface area contributed by atoms with Gasteiger partial charge in [-0.05, 0) is 13.8 Å². The molecule has 0 amide bonds. The Bertz CT molecular complexity index is 336. The summed E-state index contributed by atoms with van der Waals surface area (Å²) in [5, 5.41) is 0. The quantitative estimate of drug-likeness (QED) is 0.436. The van der Waals surface area contributed by atoms with Crippen LogP contribution in [0, 0.1) is 0 Å². The van der Waals surface area contributed by atoms with E-state index in [2.05, 4.69) is 66.3 Å². The smallest absolute Gasteiger partial charge is 0.104 e. The van der Waals surface area contributed by atoms with Gasteiger partial charge in [0.2, 0.25) is 0 Å².